The van der Waals surface area contributed by atoms with E-state index in [9.17, 15) is 14.0 Å². The zero-order chi connectivity index (χ0) is 21.3. The molecule has 6 heteroatoms. The SMILES string of the molecule is CC1(C)OC(=O)C(=Cc2c(OCc3ccccc3F)ccc3ccccc23)C(=O)O1. The quantitative estimate of drug-likeness (QED) is 0.355. The van der Waals surface area contributed by atoms with Gasteiger partial charge in [-0.1, -0.05) is 48.5 Å². The summed E-state index contributed by atoms with van der Waals surface area (Å²) in [5.74, 6) is -2.85. The summed E-state index contributed by atoms with van der Waals surface area (Å²) in [5, 5.41) is 1.65. The van der Waals surface area contributed by atoms with Crippen molar-refractivity contribution in [1.82, 2.24) is 0 Å². The highest BCUT2D eigenvalue weighted by atomic mass is 19.1. The molecule has 0 bridgehead atoms. The van der Waals surface area contributed by atoms with Gasteiger partial charge in [0.25, 0.3) is 5.79 Å². The second-order valence-corrected chi connectivity index (χ2v) is 7.32. The summed E-state index contributed by atoms with van der Waals surface area (Å²) in [4.78, 5) is 24.8. The maximum atomic E-state index is 14.0. The molecule has 0 spiro atoms. The van der Waals surface area contributed by atoms with Crippen molar-refractivity contribution in [3.8, 4) is 5.75 Å². The third-order valence-electron chi connectivity index (χ3n) is 4.68. The van der Waals surface area contributed by atoms with Gasteiger partial charge in [0.1, 0.15) is 23.7 Å². The Morgan fingerprint density at radius 2 is 1.60 bits per heavy atom. The van der Waals surface area contributed by atoms with Crippen molar-refractivity contribution < 1.29 is 28.2 Å². The molecular weight excluding hydrogens is 387 g/mol. The minimum atomic E-state index is -1.32. The van der Waals surface area contributed by atoms with Crippen LogP contribution in [0.3, 0.4) is 0 Å². The largest absolute Gasteiger partial charge is 0.488 e. The number of ether oxygens (including phenoxy) is 3. The van der Waals surface area contributed by atoms with Crippen LogP contribution in [0.2, 0.25) is 0 Å². The van der Waals surface area contributed by atoms with Crippen molar-refractivity contribution in [2.75, 3.05) is 0 Å². The van der Waals surface area contributed by atoms with Crippen molar-refractivity contribution in [2.24, 2.45) is 0 Å². The number of benzene rings is 3. The van der Waals surface area contributed by atoms with E-state index in [1.54, 1.807) is 24.3 Å². The van der Waals surface area contributed by atoms with E-state index in [0.717, 1.165) is 10.8 Å². The number of halogens is 1. The van der Waals surface area contributed by atoms with E-state index in [4.69, 9.17) is 14.2 Å². The average Bonchev–Trinajstić information content (AvgIpc) is 2.70. The second kappa shape index (κ2) is 7.63. The predicted molar refractivity (Wildman–Crippen MR) is 109 cm³/mol. The van der Waals surface area contributed by atoms with Gasteiger partial charge in [-0.25, -0.2) is 14.0 Å². The van der Waals surface area contributed by atoms with Gasteiger partial charge in [-0.2, -0.15) is 0 Å². The lowest BCUT2D eigenvalue weighted by Crippen LogP contribution is -2.41. The van der Waals surface area contributed by atoms with Crippen LogP contribution in [0.15, 0.2) is 66.2 Å². The van der Waals surface area contributed by atoms with Crippen molar-refractivity contribution in [3.05, 3.63) is 83.2 Å². The first-order valence-corrected chi connectivity index (χ1v) is 9.40. The molecule has 5 nitrogen and oxygen atoms in total. The summed E-state index contributed by atoms with van der Waals surface area (Å²) in [6, 6.07) is 17.4. The van der Waals surface area contributed by atoms with Crippen LogP contribution < -0.4 is 4.74 Å². The summed E-state index contributed by atoms with van der Waals surface area (Å²) in [6.45, 7) is 2.96. The van der Waals surface area contributed by atoms with Gasteiger partial charge >= 0.3 is 11.9 Å². The molecule has 1 aliphatic rings. The molecule has 0 N–H and O–H groups in total. The number of cyclic esters (lactones) is 2. The van der Waals surface area contributed by atoms with Gasteiger partial charge in [0, 0.05) is 25.0 Å². The van der Waals surface area contributed by atoms with Gasteiger partial charge in [0.2, 0.25) is 0 Å². The van der Waals surface area contributed by atoms with E-state index >= 15 is 0 Å². The van der Waals surface area contributed by atoms with Crippen molar-refractivity contribution in [1.29, 1.82) is 0 Å². The molecule has 1 aliphatic heterocycles. The highest BCUT2D eigenvalue weighted by Crippen LogP contribution is 2.33. The zero-order valence-corrected chi connectivity index (χ0v) is 16.5. The first-order chi connectivity index (χ1) is 14.3. The van der Waals surface area contributed by atoms with E-state index in [1.807, 2.05) is 30.3 Å². The molecule has 3 aromatic carbocycles. The van der Waals surface area contributed by atoms with Crippen LogP contribution in [0.5, 0.6) is 5.75 Å². The molecule has 1 saturated heterocycles. The Labute approximate surface area is 172 Å². The predicted octanol–water partition coefficient (Wildman–Crippen LogP) is 4.78. The first-order valence-electron chi connectivity index (χ1n) is 9.40. The highest BCUT2D eigenvalue weighted by molar-refractivity contribution is 6.19. The minimum absolute atomic E-state index is 0.0108. The number of carbonyl (C=O) groups is 2. The lowest BCUT2D eigenvalue weighted by molar-refractivity contribution is -0.222. The van der Waals surface area contributed by atoms with Gasteiger partial charge in [-0.15, -0.1) is 0 Å². The Morgan fingerprint density at radius 1 is 0.933 bits per heavy atom. The van der Waals surface area contributed by atoms with E-state index in [1.165, 1.54) is 26.0 Å². The normalized spacial score (nSPS) is 15.5. The fourth-order valence-electron chi connectivity index (χ4n) is 3.24. The number of hydrogen-bond acceptors (Lipinski definition) is 5. The fraction of sp³-hybridized carbons (Fsp3) is 0.167. The summed E-state index contributed by atoms with van der Waals surface area (Å²) in [6.07, 6.45) is 1.40. The summed E-state index contributed by atoms with van der Waals surface area (Å²) in [7, 11) is 0. The summed E-state index contributed by atoms with van der Waals surface area (Å²) in [5.41, 5.74) is 0.664. The van der Waals surface area contributed by atoms with Crippen molar-refractivity contribution in [2.45, 2.75) is 26.2 Å². The Balaban J connectivity index is 1.77. The molecule has 0 amide bonds. The number of rotatable bonds is 4. The molecule has 4 rings (SSSR count). The number of esters is 2. The molecule has 0 aromatic heterocycles. The van der Waals surface area contributed by atoms with Gasteiger partial charge in [-0.05, 0) is 29.0 Å². The molecule has 1 fully saturated rings. The maximum absolute atomic E-state index is 14.0. The second-order valence-electron chi connectivity index (χ2n) is 7.32. The zero-order valence-electron chi connectivity index (χ0n) is 16.5. The Morgan fingerprint density at radius 3 is 2.33 bits per heavy atom. The third kappa shape index (κ3) is 3.89. The molecule has 152 valence electrons. The third-order valence-corrected chi connectivity index (χ3v) is 4.68. The monoisotopic (exact) mass is 406 g/mol. The Hall–Kier alpha value is -3.67. The van der Waals surface area contributed by atoms with Crippen LogP contribution in [-0.4, -0.2) is 17.7 Å². The number of fused-ring (bicyclic) bond motifs is 1. The maximum Gasteiger partial charge on any atom is 0.348 e. The van der Waals surface area contributed by atoms with E-state index in [0.29, 0.717) is 16.9 Å². The average molecular weight is 406 g/mol. The molecule has 0 unspecified atom stereocenters. The lowest BCUT2D eigenvalue weighted by atomic mass is 10.0. The number of hydrogen-bond donors (Lipinski definition) is 0. The lowest BCUT2D eigenvalue weighted by Gasteiger charge is -2.29. The molecule has 1 heterocycles. The van der Waals surface area contributed by atoms with E-state index in [-0.39, 0.29) is 18.0 Å². The van der Waals surface area contributed by atoms with Crippen molar-refractivity contribution >= 4 is 28.8 Å². The van der Waals surface area contributed by atoms with Crippen LogP contribution >= 0.6 is 0 Å². The smallest absolute Gasteiger partial charge is 0.348 e. The van der Waals surface area contributed by atoms with Gasteiger partial charge in [0.05, 0.1) is 0 Å². The van der Waals surface area contributed by atoms with Gasteiger partial charge in [-0.3, -0.25) is 0 Å². The van der Waals surface area contributed by atoms with Gasteiger partial charge in [0.15, 0.2) is 0 Å². The molecule has 0 radical (unpaired) electrons. The van der Waals surface area contributed by atoms with E-state index in [2.05, 4.69) is 0 Å². The Kier molecular flexibility index (Phi) is 4.99. The van der Waals surface area contributed by atoms with Crippen LogP contribution in [0.25, 0.3) is 16.8 Å². The van der Waals surface area contributed by atoms with E-state index < -0.39 is 17.7 Å². The van der Waals surface area contributed by atoms with Crippen LogP contribution in [0, 0.1) is 5.82 Å². The number of carbonyl (C=O) groups excluding carboxylic acids is 2. The minimum Gasteiger partial charge on any atom is -0.488 e. The topological polar surface area (TPSA) is 61.8 Å². The van der Waals surface area contributed by atoms with Crippen LogP contribution in [-0.2, 0) is 25.7 Å². The fourth-order valence-corrected chi connectivity index (χ4v) is 3.24. The standard InChI is InChI=1S/C24H19FO5/c1-24(2)29-22(26)19(23(27)30-24)13-18-17-9-5-3-7-15(17)11-12-21(18)28-14-16-8-4-6-10-20(16)25/h3-13H,14H2,1-2H3. The molecule has 0 saturated carbocycles. The van der Waals surface area contributed by atoms with Crippen molar-refractivity contribution in [3.63, 3.8) is 0 Å². The van der Waals surface area contributed by atoms with Crippen LogP contribution in [0.4, 0.5) is 4.39 Å². The Bertz CT molecular complexity index is 1160. The van der Waals surface area contributed by atoms with Crippen LogP contribution in [0.1, 0.15) is 25.0 Å². The first kappa shape index (κ1) is 19.6. The summed E-state index contributed by atoms with van der Waals surface area (Å²) >= 11 is 0. The molecule has 3 aromatic rings. The molecular formula is C24H19FO5. The van der Waals surface area contributed by atoms with Gasteiger partial charge < -0.3 is 14.2 Å². The highest BCUT2D eigenvalue weighted by Gasteiger charge is 2.39. The molecule has 30 heavy (non-hydrogen) atoms. The molecule has 0 aliphatic carbocycles. The molecule has 0 atom stereocenters. The summed E-state index contributed by atoms with van der Waals surface area (Å²) < 4.78 is 30.2.